The number of amides is 2. The third-order valence-electron chi connectivity index (χ3n) is 6.24. The molecule has 10 nitrogen and oxygen atoms in total. The molecule has 0 bridgehead atoms. The molecule has 2 rings (SSSR count). The molecule has 1 aliphatic heterocycles. The summed E-state index contributed by atoms with van der Waals surface area (Å²) >= 11 is 0. The molecule has 0 radical (unpaired) electrons. The van der Waals surface area contributed by atoms with E-state index in [-0.39, 0.29) is 30.6 Å². The Balaban J connectivity index is 1.96. The van der Waals surface area contributed by atoms with Crippen LogP contribution in [0.4, 0.5) is 0 Å². The van der Waals surface area contributed by atoms with Crippen molar-refractivity contribution in [2.45, 2.75) is 77.4 Å². The summed E-state index contributed by atoms with van der Waals surface area (Å²) in [7, 11) is 3.37. The van der Waals surface area contributed by atoms with Crippen LogP contribution in [0.25, 0.3) is 0 Å². The van der Waals surface area contributed by atoms with E-state index in [0.717, 1.165) is 17.5 Å². The van der Waals surface area contributed by atoms with E-state index in [1.165, 1.54) is 0 Å². The second kappa shape index (κ2) is 12.7. The van der Waals surface area contributed by atoms with Crippen molar-refractivity contribution in [2.24, 2.45) is 5.41 Å². The number of unbranched alkanes of at least 4 members (excludes halogenated alkanes) is 1. The zero-order chi connectivity index (χ0) is 27.0. The highest BCUT2D eigenvalue weighted by atomic mass is 16.5. The molecule has 4 N–H and O–H groups in total. The van der Waals surface area contributed by atoms with Gasteiger partial charge in [-0.05, 0) is 55.0 Å². The first kappa shape index (κ1) is 29.1. The van der Waals surface area contributed by atoms with E-state index in [9.17, 15) is 29.4 Å². The number of ether oxygens (including phenoxy) is 1. The Kier molecular flexibility index (Phi) is 10.3. The van der Waals surface area contributed by atoms with Crippen LogP contribution in [-0.4, -0.2) is 71.7 Å². The first-order chi connectivity index (χ1) is 16.8. The summed E-state index contributed by atoms with van der Waals surface area (Å²) in [5, 5.41) is 24.3. The van der Waals surface area contributed by atoms with Crippen molar-refractivity contribution in [3.63, 3.8) is 0 Å². The standard InChI is InChI=1S/C26H39N3O7/c1-26(2,3)15-21(30)27-19(24(32)33)8-6-7-9-20(25(34)35)28-23(31)22-18-14-17(36-5)11-10-16(18)12-13-29(22)4/h10-11,14,19-20,22H,6-9,12-13,15H2,1-5H3,(H,27,30)(H,28,31)(H,32,33)(H,34,35). The molecule has 2 amide bonds. The zero-order valence-electron chi connectivity index (χ0n) is 21.8. The highest BCUT2D eigenvalue weighted by Crippen LogP contribution is 2.32. The van der Waals surface area contributed by atoms with Gasteiger partial charge in [0.15, 0.2) is 0 Å². The van der Waals surface area contributed by atoms with E-state index in [0.29, 0.717) is 25.1 Å². The van der Waals surface area contributed by atoms with Crippen molar-refractivity contribution >= 4 is 23.8 Å². The van der Waals surface area contributed by atoms with Crippen molar-refractivity contribution < 1.29 is 34.1 Å². The largest absolute Gasteiger partial charge is 0.497 e. The quantitative estimate of drug-likeness (QED) is 0.317. The average molecular weight is 506 g/mol. The minimum absolute atomic E-state index is 0.144. The number of nitrogens with one attached hydrogen (secondary N) is 2. The molecule has 0 fully saturated rings. The monoisotopic (exact) mass is 505 g/mol. The van der Waals surface area contributed by atoms with Gasteiger partial charge in [-0.2, -0.15) is 0 Å². The van der Waals surface area contributed by atoms with E-state index in [1.807, 2.05) is 50.9 Å². The van der Waals surface area contributed by atoms with Gasteiger partial charge < -0.3 is 25.6 Å². The number of hydrogen-bond acceptors (Lipinski definition) is 6. The lowest BCUT2D eigenvalue weighted by Gasteiger charge is -2.34. The fraction of sp³-hybridized carbons (Fsp3) is 0.615. The third-order valence-corrected chi connectivity index (χ3v) is 6.24. The van der Waals surface area contributed by atoms with Gasteiger partial charge in [-0.25, -0.2) is 9.59 Å². The number of benzene rings is 1. The molecule has 0 aromatic heterocycles. The molecular formula is C26H39N3O7. The van der Waals surface area contributed by atoms with Crippen molar-refractivity contribution in [1.29, 1.82) is 0 Å². The lowest BCUT2D eigenvalue weighted by Crippen LogP contribution is -2.48. The van der Waals surface area contributed by atoms with E-state index >= 15 is 0 Å². The summed E-state index contributed by atoms with van der Waals surface area (Å²) in [6.07, 6.45) is 2.05. The lowest BCUT2D eigenvalue weighted by molar-refractivity contribution is -0.143. The summed E-state index contributed by atoms with van der Waals surface area (Å²) in [5.41, 5.74) is 1.55. The molecule has 3 unspecified atom stereocenters. The summed E-state index contributed by atoms with van der Waals surface area (Å²) in [6, 6.07) is 2.79. The summed E-state index contributed by atoms with van der Waals surface area (Å²) in [5.74, 6) is -2.40. The minimum atomic E-state index is -1.15. The fourth-order valence-electron chi connectivity index (χ4n) is 4.38. The number of likely N-dealkylation sites (N-methyl/N-ethyl adjacent to an activating group) is 1. The van der Waals surface area contributed by atoms with Gasteiger partial charge in [0.2, 0.25) is 11.8 Å². The zero-order valence-corrected chi connectivity index (χ0v) is 21.8. The molecule has 1 heterocycles. The molecule has 0 spiro atoms. The second-order valence-electron chi connectivity index (χ2n) is 10.6. The molecule has 3 atom stereocenters. The molecule has 10 heteroatoms. The normalized spacial score (nSPS) is 17.4. The van der Waals surface area contributed by atoms with Gasteiger partial charge in [-0.1, -0.05) is 39.7 Å². The molecule has 0 aliphatic carbocycles. The maximum Gasteiger partial charge on any atom is 0.326 e. The molecule has 1 aromatic carbocycles. The third kappa shape index (κ3) is 8.51. The van der Waals surface area contributed by atoms with Crippen LogP contribution in [0.1, 0.15) is 70.0 Å². The number of fused-ring (bicyclic) bond motifs is 1. The first-order valence-corrected chi connectivity index (χ1v) is 12.2. The lowest BCUT2D eigenvalue weighted by atomic mass is 9.91. The topological polar surface area (TPSA) is 145 Å². The van der Waals surface area contributed by atoms with Crippen molar-refractivity contribution in [2.75, 3.05) is 20.7 Å². The number of carboxylic acid groups (broad SMARTS) is 2. The number of hydrogen-bond donors (Lipinski definition) is 4. The number of carbonyl (C=O) groups excluding carboxylic acids is 2. The number of nitrogens with zero attached hydrogens (tertiary/aromatic N) is 1. The second-order valence-corrected chi connectivity index (χ2v) is 10.6. The highest BCUT2D eigenvalue weighted by Gasteiger charge is 2.33. The van der Waals surface area contributed by atoms with Crippen molar-refractivity contribution in [3.05, 3.63) is 29.3 Å². The van der Waals surface area contributed by atoms with Gasteiger partial charge in [0, 0.05) is 13.0 Å². The van der Waals surface area contributed by atoms with Crippen LogP contribution in [0, 0.1) is 5.41 Å². The molecule has 1 aliphatic rings. The number of rotatable bonds is 12. The van der Waals surface area contributed by atoms with Crippen LogP contribution < -0.4 is 15.4 Å². The van der Waals surface area contributed by atoms with Crippen molar-refractivity contribution in [1.82, 2.24) is 15.5 Å². The molecule has 36 heavy (non-hydrogen) atoms. The SMILES string of the molecule is COc1ccc2c(c1)C(C(=O)NC(CCCCC(NC(=O)CC(C)(C)C)C(=O)O)C(=O)O)N(C)CC2. The van der Waals surface area contributed by atoms with Gasteiger partial charge in [0.05, 0.1) is 7.11 Å². The minimum Gasteiger partial charge on any atom is -0.497 e. The molecule has 0 saturated heterocycles. The fourth-order valence-corrected chi connectivity index (χ4v) is 4.38. The average Bonchev–Trinajstić information content (AvgIpc) is 2.77. The van der Waals surface area contributed by atoms with Crippen LogP contribution >= 0.6 is 0 Å². The number of carboxylic acids is 2. The summed E-state index contributed by atoms with van der Waals surface area (Å²) < 4.78 is 5.30. The molecule has 1 aromatic rings. The van der Waals surface area contributed by atoms with E-state index in [4.69, 9.17) is 4.74 Å². The van der Waals surface area contributed by atoms with Gasteiger partial charge in [-0.3, -0.25) is 14.5 Å². The van der Waals surface area contributed by atoms with Crippen molar-refractivity contribution in [3.8, 4) is 5.75 Å². The Morgan fingerprint density at radius 3 is 2.17 bits per heavy atom. The van der Waals surface area contributed by atoms with Crippen LogP contribution in [0.5, 0.6) is 5.75 Å². The Morgan fingerprint density at radius 2 is 1.64 bits per heavy atom. The van der Waals surface area contributed by atoms with Gasteiger partial charge in [0.1, 0.15) is 23.9 Å². The van der Waals surface area contributed by atoms with Crippen LogP contribution in [0.15, 0.2) is 18.2 Å². The molecule has 200 valence electrons. The summed E-state index contributed by atoms with van der Waals surface area (Å²) in [4.78, 5) is 50.6. The highest BCUT2D eigenvalue weighted by molar-refractivity contribution is 5.88. The van der Waals surface area contributed by atoms with Gasteiger partial charge in [0.25, 0.3) is 0 Å². The van der Waals surface area contributed by atoms with Crippen LogP contribution in [0.3, 0.4) is 0 Å². The smallest absolute Gasteiger partial charge is 0.326 e. The van der Waals surface area contributed by atoms with Crippen LogP contribution in [-0.2, 0) is 25.6 Å². The Morgan fingerprint density at radius 1 is 1.06 bits per heavy atom. The number of methoxy groups -OCH3 is 1. The summed E-state index contributed by atoms with van der Waals surface area (Å²) in [6.45, 7) is 6.33. The van der Waals surface area contributed by atoms with E-state index in [1.54, 1.807) is 7.11 Å². The van der Waals surface area contributed by atoms with E-state index in [2.05, 4.69) is 10.6 Å². The van der Waals surface area contributed by atoms with Crippen LogP contribution in [0.2, 0.25) is 0 Å². The maximum absolute atomic E-state index is 13.2. The Bertz CT molecular complexity index is 957. The van der Waals surface area contributed by atoms with Gasteiger partial charge in [-0.15, -0.1) is 0 Å². The predicted octanol–water partition coefficient (Wildman–Crippen LogP) is 2.36. The predicted molar refractivity (Wildman–Crippen MR) is 134 cm³/mol. The first-order valence-electron chi connectivity index (χ1n) is 12.2. The molecule has 0 saturated carbocycles. The van der Waals surface area contributed by atoms with Gasteiger partial charge >= 0.3 is 11.9 Å². The molecular weight excluding hydrogens is 466 g/mol. The number of carbonyl (C=O) groups is 4. The Labute approximate surface area is 212 Å². The van der Waals surface area contributed by atoms with E-state index < -0.39 is 36.0 Å². The number of aliphatic carboxylic acids is 2. The Hall–Kier alpha value is -3.14. The maximum atomic E-state index is 13.2.